The smallest absolute Gasteiger partial charge is 1.00 e. The Balaban J connectivity index is 0. The molecule has 0 saturated carbocycles. The Morgan fingerprint density at radius 1 is 0.500 bits per heavy atom. The van der Waals surface area contributed by atoms with Gasteiger partial charge in [-0.25, -0.2) is 0 Å². The summed E-state index contributed by atoms with van der Waals surface area (Å²) in [6.07, 6.45) is 0. The molecule has 0 aliphatic heterocycles. The average Bonchev–Trinajstić information content (AvgIpc) is 0. The summed E-state index contributed by atoms with van der Waals surface area (Å²) in [7, 11) is 0. The van der Waals surface area contributed by atoms with E-state index in [4.69, 9.17) is 0 Å². The second-order valence-electron chi connectivity index (χ2n) is 0. The second kappa shape index (κ2) is 35.3. The van der Waals surface area contributed by atoms with Crippen LogP contribution in [0.5, 0.6) is 0 Å². The molecule has 0 rings (SSSR count). The molecule has 0 atom stereocenters. The van der Waals surface area contributed by atoms with Crippen molar-refractivity contribution in [2.45, 2.75) is 0 Å². The van der Waals surface area contributed by atoms with E-state index in [1.807, 2.05) is 0 Å². The maximum absolute atomic E-state index is 0. The van der Waals surface area contributed by atoms with E-state index in [9.17, 15) is 0 Å². The van der Waals surface area contributed by atoms with Gasteiger partial charge in [-0.2, -0.15) is 0 Å². The van der Waals surface area contributed by atoms with Crippen molar-refractivity contribution in [1.29, 1.82) is 0 Å². The maximum atomic E-state index is 0. The number of hydrogen-bond donors (Lipinski definition) is 0. The van der Waals surface area contributed by atoms with Gasteiger partial charge in [0.2, 0.25) is 0 Å². The van der Waals surface area contributed by atoms with Crippen LogP contribution in [0.3, 0.4) is 0 Å². The third-order valence-electron chi connectivity index (χ3n) is 0. The molecular weight excluding hydrogens is 617 g/mol. The molecule has 0 aromatic carbocycles. The molecule has 0 aliphatic carbocycles. The molecule has 0 saturated heterocycles. The van der Waals surface area contributed by atoms with E-state index in [1.165, 1.54) is 0 Å². The third-order valence-corrected chi connectivity index (χ3v) is 0. The molecule has 0 bridgehead atoms. The van der Waals surface area contributed by atoms with Crippen LogP contribution in [0.4, 0.5) is 0 Å². The van der Waals surface area contributed by atoms with E-state index < -0.39 is 0 Å². The van der Waals surface area contributed by atoms with Crippen molar-refractivity contribution in [3.8, 4) is 0 Å². The van der Waals surface area contributed by atoms with Gasteiger partial charge < -0.3 is 95.9 Å². The summed E-state index contributed by atoms with van der Waals surface area (Å²) >= 11 is 0. The fourth-order valence-corrected chi connectivity index (χ4v) is 0. The zero-order valence-corrected chi connectivity index (χ0v) is 13.1. The first-order valence-electron chi connectivity index (χ1n) is 0. The minimum Gasteiger partial charge on any atom is -1.00 e. The summed E-state index contributed by atoms with van der Waals surface area (Å²) in [5, 5.41) is 0. The van der Waals surface area contributed by atoms with Gasteiger partial charge in [0, 0.05) is 0 Å². The molecule has 0 radical (unpaired) electrons. The Kier molecular flexibility index (Phi) is 291. The van der Waals surface area contributed by atoms with E-state index >= 15 is 0 Å². The van der Waals surface area contributed by atoms with E-state index in [-0.39, 0.29) is 134 Å². The van der Waals surface area contributed by atoms with E-state index in [1.54, 1.807) is 0 Å². The van der Waals surface area contributed by atoms with E-state index in [0.717, 1.165) is 0 Å². The van der Waals surface area contributed by atoms with E-state index in [0.29, 0.717) is 0 Å². The predicted molar refractivity (Wildman–Crippen MR) is 0 cm³/mol. The van der Waals surface area contributed by atoms with Crippen LogP contribution in [0.15, 0.2) is 0 Å². The van der Waals surface area contributed by atoms with Crippen LogP contribution in [0.2, 0.25) is 0 Å². The zero-order valence-electron chi connectivity index (χ0n) is 2.85. The van der Waals surface area contributed by atoms with Gasteiger partial charge in [0.05, 0.1) is 0 Å². The van der Waals surface area contributed by atoms with Crippen LogP contribution < -0.4 is 115 Å². The summed E-state index contributed by atoms with van der Waals surface area (Å²) in [4.78, 5) is 0. The third kappa shape index (κ3) is 24.2. The largest absolute Gasteiger partial charge is 3.00 e. The molecule has 6 heavy (non-hydrogen) atoms. The minimum absolute atomic E-state index is 0. The normalized spacial score (nSPS) is 0. The van der Waals surface area contributed by atoms with Crippen LogP contribution in [0.25, 0.3) is 0 Å². The SMILES string of the molecule is [I-].[I-].[I-].[I-].[Li+].[Rh+3]. The summed E-state index contributed by atoms with van der Waals surface area (Å²) in [5.41, 5.74) is 0. The molecule has 6 heteroatoms. The minimum atomic E-state index is 0. The molecule has 0 unspecified atom stereocenters. The van der Waals surface area contributed by atoms with Gasteiger partial charge in [0.15, 0.2) is 0 Å². The monoisotopic (exact) mass is 618 g/mol. The van der Waals surface area contributed by atoms with Crippen molar-refractivity contribution >= 4 is 0 Å². The van der Waals surface area contributed by atoms with Crippen molar-refractivity contribution in [2.75, 3.05) is 0 Å². The van der Waals surface area contributed by atoms with Crippen LogP contribution >= 0.6 is 0 Å². The molecule has 0 aliphatic rings. The first-order valence-corrected chi connectivity index (χ1v) is 0. The molecular formula is I4LiRh. The van der Waals surface area contributed by atoms with Crippen molar-refractivity contribution < 1.29 is 134 Å². The quantitative estimate of drug-likeness (QED) is 0.187. The Morgan fingerprint density at radius 3 is 0.500 bits per heavy atom. The second-order valence-corrected chi connectivity index (χ2v) is 0. The number of hydrogen-bond acceptors (Lipinski definition) is 0. The fraction of sp³-hybridized carbons (Fsp3) is 0. The Morgan fingerprint density at radius 2 is 0.500 bits per heavy atom. The van der Waals surface area contributed by atoms with Crippen molar-refractivity contribution in [3.05, 3.63) is 0 Å². The maximum Gasteiger partial charge on any atom is 3.00 e. The van der Waals surface area contributed by atoms with Crippen molar-refractivity contribution in [1.82, 2.24) is 0 Å². The summed E-state index contributed by atoms with van der Waals surface area (Å²) < 4.78 is 0. The van der Waals surface area contributed by atoms with Crippen molar-refractivity contribution in [3.63, 3.8) is 0 Å². The zero-order chi connectivity index (χ0) is 0. The molecule has 0 amide bonds. The Hall–Kier alpha value is 4.14. The summed E-state index contributed by atoms with van der Waals surface area (Å²) in [5.74, 6) is 0. The molecule has 0 N–H and O–H groups in total. The first-order chi connectivity index (χ1) is 0. The van der Waals surface area contributed by atoms with Gasteiger partial charge in [-0.3, -0.25) is 0 Å². The fourth-order valence-electron chi connectivity index (χ4n) is 0. The first kappa shape index (κ1) is 49.4. The van der Waals surface area contributed by atoms with Gasteiger partial charge in [-0.05, 0) is 0 Å². The predicted octanol–water partition coefficient (Wildman–Crippen LogP) is -15.0. The Labute approximate surface area is 131 Å². The average molecular weight is 617 g/mol. The van der Waals surface area contributed by atoms with Crippen LogP contribution in [-0.4, -0.2) is 0 Å². The van der Waals surface area contributed by atoms with E-state index in [2.05, 4.69) is 0 Å². The van der Waals surface area contributed by atoms with Gasteiger partial charge in [0.1, 0.15) is 0 Å². The van der Waals surface area contributed by atoms with Gasteiger partial charge in [-0.1, -0.05) is 0 Å². The molecule has 0 spiro atoms. The Bertz CT molecular complexity index is 7.51. The molecule has 0 aromatic heterocycles. The van der Waals surface area contributed by atoms with Gasteiger partial charge >= 0.3 is 38.3 Å². The van der Waals surface area contributed by atoms with Gasteiger partial charge in [0.25, 0.3) is 0 Å². The van der Waals surface area contributed by atoms with Crippen LogP contribution in [-0.2, 0) is 19.5 Å². The number of rotatable bonds is 0. The van der Waals surface area contributed by atoms with Crippen LogP contribution in [0, 0.1) is 0 Å². The standard InChI is InChI=1S/4HI.Li.Rh/h4*1H;;/q;;;;+1;+3/p-4. The molecule has 0 nitrogen and oxygen atoms in total. The molecule has 0 heterocycles. The molecule has 38 valence electrons. The molecule has 0 aromatic rings. The van der Waals surface area contributed by atoms with Crippen molar-refractivity contribution in [2.24, 2.45) is 0 Å². The topological polar surface area (TPSA) is 0 Å². The summed E-state index contributed by atoms with van der Waals surface area (Å²) in [6, 6.07) is 0. The summed E-state index contributed by atoms with van der Waals surface area (Å²) in [6.45, 7) is 0. The molecule has 0 fully saturated rings. The number of halogens is 4. The van der Waals surface area contributed by atoms with Gasteiger partial charge in [-0.15, -0.1) is 0 Å². The van der Waals surface area contributed by atoms with Crippen LogP contribution in [0.1, 0.15) is 0 Å².